The molecule has 6 nitrogen and oxygen atoms in total. The summed E-state index contributed by atoms with van der Waals surface area (Å²) in [5, 5.41) is 11.8. The first-order valence-corrected chi connectivity index (χ1v) is 6.16. The Morgan fingerprint density at radius 1 is 1.35 bits per heavy atom. The van der Waals surface area contributed by atoms with Gasteiger partial charge in [-0.2, -0.15) is 5.10 Å². The highest BCUT2D eigenvalue weighted by atomic mass is 16.5. The highest BCUT2D eigenvalue weighted by Gasteiger charge is 2.17. The third kappa shape index (κ3) is 2.74. The van der Waals surface area contributed by atoms with Crippen LogP contribution in [0.3, 0.4) is 0 Å². The smallest absolute Gasteiger partial charge is 0.223 e. The van der Waals surface area contributed by atoms with Crippen molar-refractivity contribution in [2.45, 2.75) is 13.5 Å². The molecule has 0 spiro atoms. The minimum atomic E-state index is -0.0414. The second kappa shape index (κ2) is 5.64. The summed E-state index contributed by atoms with van der Waals surface area (Å²) >= 11 is 0. The molecule has 0 fully saturated rings. The normalized spacial score (nSPS) is 10.3. The molecule has 2 rings (SSSR count). The predicted molar refractivity (Wildman–Crippen MR) is 76.3 cm³/mol. The van der Waals surface area contributed by atoms with Gasteiger partial charge in [0.1, 0.15) is 23.8 Å². The number of hydrogen-bond acceptors (Lipinski definition) is 4. The molecule has 0 radical (unpaired) electrons. The number of methoxy groups -OCH3 is 1. The number of aromatic nitrogens is 2. The zero-order chi connectivity index (χ0) is 14.7. The van der Waals surface area contributed by atoms with Crippen molar-refractivity contribution in [2.24, 2.45) is 12.8 Å². The molecule has 106 valence electrons. The molecule has 1 aromatic heterocycles. The average molecular weight is 274 g/mol. The topological polar surface area (TPSA) is 86.2 Å². The van der Waals surface area contributed by atoms with E-state index in [0.29, 0.717) is 23.7 Å². The van der Waals surface area contributed by atoms with Gasteiger partial charge in [-0.15, -0.1) is 0 Å². The quantitative estimate of drug-likeness (QED) is 0.640. The lowest BCUT2D eigenvalue weighted by atomic mass is 10.2. The van der Waals surface area contributed by atoms with E-state index in [2.05, 4.69) is 5.10 Å². The Hall–Kier alpha value is -2.50. The van der Waals surface area contributed by atoms with Gasteiger partial charge < -0.3 is 15.2 Å². The highest BCUT2D eigenvalue weighted by Crippen LogP contribution is 2.22. The lowest BCUT2D eigenvalue weighted by molar-refractivity contribution is 0.278. The number of rotatable bonds is 5. The molecule has 6 heteroatoms. The second-order valence-electron chi connectivity index (χ2n) is 4.44. The minimum Gasteiger partial charge on any atom is -0.497 e. The summed E-state index contributed by atoms with van der Waals surface area (Å²) < 4.78 is 12.4. The second-order valence-corrected chi connectivity index (χ2v) is 4.44. The molecule has 0 aliphatic carbocycles. The first-order chi connectivity index (χ1) is 9.52. The summed E-state index contributed by atoms with van der Waals surface area (Å²) in [5.74, 6) is 1.26. The van der Waals surface area contributed by atoms with Gasteiger partial charge in [0.25, 0.3) is 0 Å². The molecule has 0 aliphatic heterocycles. The zero-order valence-electron chi connectivity index (χ0n) is 11.8. The number of nitrogens with two attached hydrogens (primary N) is 1. The van der Waals surface area contributed by atoms with E-state index >= 15 is 0 Å². The van der Waals surface area contributed by atoms with Gasteiger partial charge in [-0.05, 0) is 24.6 Å². The predicted octanol–water partition coefficient (Wildman–Crippen LogP) is 1.60. The van der Waals surface area contributed by atoms with Crippen molar-refractivity contribution >= 4 is 5.84 Å². The Bertz CT molecular complexity index is 617. The number of amidine groups is 1. The van der Waals surface area contributed by atoms with Gasteiger partial charge in [0.2, 0.25) is 5.88 Å². The van der Waals surface area contributed by atoms with E-state index in [1.54, 1.807) is 25.8 Å². The molecule has 3 N–H and O–H groups in total. The van der Waals surface area contributed by atoms with Crippen LogP contribution in [0.25, 0.3) is 0 Å². The summed E-state index contributed by atoms with van der Waals surface area (Å²) in [6, 6.07) is 7.60. The highest BCUT2D eigenvalue weighted by molar-refractivity contribution is 5.98. The van der Waals surface area contributed by atoms with Crippen LogP contribution in [0.4, 0.5) is 0 Å². The average Bonchev–Trinajstić information content (AvgIpc) is 2.71. The van der Waals surface area contributed by atoms with Crippen LogP contribution in [0.15, 0.2) is 24.3 Å². The number of nitrogens with one attached hydrogen (secondary N) is 1. The molecular weight excluding hydrogens is 256 g/mol. The van der Waals surface area contributed by atoms with Gasteiger partial charge >= 0.3 is 0 Å². The molecule has 1 aromatic carbocycles. The van der Waals surface area contributed by atoms with Crippen LogP contribution in [0.2, 0.25) is 0 Å². The van der Waals surface area contributed by atoms with E-state index in [1.807, 2.05) is 24.3 Å². The molecule has 0 saturated carbocycles. The van der Waals surface area contributed by atoms with E-state index in [-0.39, 0.29) is 5.84 Å². The molecule has 0 amide bonds. The van der Waals surface area contributed by atoms with Crippen molar-refractivity contribution in [3.05, 3.63) is 41.1 Å². The zero-order valence-corrected chi connectivity index (χ0v) is 11.8. The standard InChI is InChI=1S/C14H18N4O2/c1-9-12(13(15)16)14(18(2)17-9)20-8-10-4-6-11(19-3)7-5-10/h4-7H,8H2,1-3H3,(H3,15,16). The Balaban J connectivity index is 2.16. The SMILES string of the molecule is COc1ccc(COc2c(C(=N)N)c(C)nn2C)cc1. The van der Waals surface area contributed by atoms with Crippen LogP contribution in [0.5, 0.6) is 11.6 Å². The van der Waals surface area contributed by atoms with Crippen LogP contribution in [0, 0.1) is 12.3 Å². The van der Waals surface area contributed by atoms with Gasteiger partial charge in [-0.25, -0.2) is 4.68 Å². The molecule has 1 heterocycles. The number of nitrogen functional groups attached to an aromatic ring is 1. The van der Waals surface area contributed by atoms with Crippen molar-refractivity contribution in [2.75, 3.05) is 7.11 Å². The van der Waals surface area contributed by atoms with Crippen molar-refractivity contribution in [1.82, 2.24) is 9.78 Å². The van der Waals surface area contributed by atoms with Gasteiger partial charge in [-0.1, -0.05) is 12.1 Å². The fourth-order valence-corrected chi connectivity index (χ4v) is 1.99. The van der Waals surface area contributed by atoms with Gasteiger partial charge in [0.15, 0.2) is 0 Å². The molecular formula is C14H18N4O2. The summed E-state index contributed by atoms with van der Waals surface area (Å²) in [4.78, 5) is 0. The van der Waals surface area contributed by atoms with Crippen molar-refractivity contribution in [1.29, 1.82) is 5.41 Å². The molecule has 0 saturated heterocycles. The Morgan fingerprint density at radius 3 is 2.55 bits per heavy atom. The van der Waals surface area contributed by atoms with Gasteiger partial charge in [-0.3, -0.25) is 5.41 Å². The number of nitrogens with zero attached hydrogens (tertiary/aromatic N) is 2. The van der Waals surface area contributed by atoms with Gasteiger partial charge in [0.05, 0.1) is 12.8 Å². The fourth-order valence-electron chi connectivity index (χ4n) is 1.99. The van der Waals surface area contributed by atoms with E-state index in [4.69, 9.17) is 20.6 Å². The van der Waals surface area contributed by atoms with Crippen LogP contribution < -0.4 is 15.2 Å². The third-order valence-electron chi connectivity index (χ3n) is 2.97. The van der Waals surface area contributed by atoms with Crippen molar-refractivity contribution < 1.29 is 9.47 Å². The largest absolute Gasteiger partial charge is 0.497 e. The van der Waals surface area contributed by atoms with E-state index in [0.717, 1.165) is 11.3 Å². The van der Waals surface area contributed by atoms with Crippen molar-refractivity contribution in [3.63, 3.8) is 0 Å². The maximum atomic E-state index is 7.59. The van der Waals surface area contributed by atoms with E-state index in [1.165, 1.54) is 0 Å². The molecule has 0 unspecified atom stereocenters. The Morgan fingerprint density at radius 2 is 2.00 bits per heavy atom. The number of benzene rings is 1. The van der Waals surface area contributed by atoms with Crippen LogP contribution in [0.1, 0.15) is 16.8 Å². The lowest BCUT2D eigenvalue weighted by Gasteiger charge is -2.09. The Kier molecular flexibility index (Phi) is 3.93. The van der Waals surface area contributed by atoms with Crippen LogP contribution in [-0.4, -0.2) is 22.7 Å². The molecule has 0 aliphatic rings. The van der Waals surface area contributed by atoms with Crippen molar-refractivity contribution in [3.8, 4) is 11.6 Å². The number of hydrogen-bond donors (Lipinski definition) is 2. The van der Waals surface area contributed by atoms with E-state index < -0.39 is 0 Å². The first kappa shape index (κ1) is 13.9. The summed E-state index contributed by atoms with van der Waals surface area (Å²) in [6.07, 6.45) is 0. The molecule has 2 aromatic rings. The van der Waals surface area contributed by atoms with E-state index in [9.17, 15) is 0 Å². The molecule has 0 atom stereocenters. The molecule has 0 bridgehead atoms. The summed E-state index contributed by atoms with van der Waals surface area (Å²) in [5.41, 5.74) is 7.80. The maximum absolute atomic E-state index is 7.59. The fraction of sp³-hybridized carbons (Fsp3) is 0.286. The molecule has 20 heavy (non-hydrogen) atoms. The summed E-state index contributed by atoms with van der Waals surface area (Å²) in [7, 11) is 3.39. The van der Waals surface area contributed by atoms with Crippen LogP contribution >= 0.6 is 0 Å². The number of aryl methyl sites for hydroxylation is 2. The first-order valence-electron chi connectivity index (χ1n) is 6.16. The minimum absolute atomic E-state index is 0.0414. The van der Waals surface area contributed by atoms with Crippen LogP contribution in [-0.2, 0) is 13.7 Å². The monoisotopic (exact) mass is 274 g/mol. The Labute approximate surface area is 117 Å². The van der Waals surface area contributed by atoms with Gasteiger partial charge in [0, 0.05) is 7.05 Å². The lowest BCUT2D eigenvalue weighted by Crippen LogP contribution is -2.14. The maximum Gasteiger partial charge on any atom is 0.223 e. The number of ether oxygens (including phenoxy) is 2. The summed E-state index contributed by atoms with van der Waals surface area (Å²) in [6.45, 7) is 2.18. The third-order valence-corrected chi connectivity index (χ3v) is 2.97.